The fourth-order valence-corrected chi connectivity index (χ4v) is 1.82. The van der Waals surface area contributed by atoms with Crippen LogP contribution in [0, 0.1) is 5.82 Å². The lowest BCUT2D eigenvalue weighted by Crippen LogP contribution is -2.02. The number of hydrogen-bond acceptors (Lipinski definition) is 2. The van der Waals surface area contributed by atoms with Gasteiger partial charge in [0.15, 0.2) is 0 Å². The molecule has 2 nitrogen and oxygen atoms in total. The smallest absolute Gasteiger partial charge is 0.145 e. The van der Waals surface area contributed by atoms with Crippen LogP contribution in [-0.4, -0.2) is 12.8 Å². The summed E-state index contributed by atoms with van der Waals surface area (Å²) in [5, 5.41) is 0. The van der Waals surface area contributed by atoms with Crippen LogP contribution in [-0.2, 0) is 0 Å². The molecule has 0 bridgehead atoms. The van der Waals surface area contributed by atoms with Gasteiger partial charge in [-0.25, -0.2) is 4.39 Å². The second kappa shape index (κ2) is 4.01. The molecule has 0 spiro atoms. The van der Waals surface area contributed by atoms with Gasteiger partial charge in [0.05, 0.1) is 0 Å². The summed E-state index contributed by atoms with van der Waals surface area (Å²) in [5.41, 5.74) is 2.79. The summed E-state index contributed by atoms with van der Waals surface area (Å²) in [4.78, 5) is 4.27. The Hall–Kier alpha value is -2.16. The maximum absolute atomic E-state index is 12.8. The van der Waals surface area contributed by atoms with E-state index in [0.717, 1.165) is 22.6 Å². The van der Waals surface area contributed by atoms with Gasteiger partial charge in [-0.1, -0.05) is 18.2 Å². The lowest BCUT2D eigenvalue weighted by Gasteiger charge is -2.12. The van der Waals surface area contributed by atoms with Gasteiger partial charge in [0.2, 0.25) is 0 Å². The topological polar surface area (TPSA) is 21.6 Å². The Labute approximate surface area is 98.4 Å². The van der Waals surface area contributed by atoms with Crippen LogP contribution < -0.4 is 4.74 Å². The molecule has 0 amide bonds. The minimum atomic E-state index is -0.229. The van der Waals surface area contributed by atoms with Crippen LogP contribution in [0.15, 0.2) is 47.5 Å². The minimum absolute atomic E-state index is 0.229. The zero-order chi connectivity index (χ0) is 11.7. The molecule has 0 radical (unpaired) electrons. The van der Waals surface area contributed by atoms with Gasteiger partial charge in [-0.05, 0) is 35.4 Å². The lowest BCUT2D eigenvalue weighted by atomic mass is 10.0. The first-order chi connectivity index (χ1) is 8.33. The second-order valence-corrected chi connectivity index (χ2v) is 3.81. The number of aliphatic imine (C=N–C) groups is 1. The highest BCUT2D eigenvalue weighted by atomic mass is 19.1. The number of halogens is 1. The Bertz CT molecular complexity index is 575. The van der Waals surface area contributed by atoms with Gasteiger partial charge in [-0.15, -0.1) is 0 Å². The highest BCUT2D eigenvalue weighted by Crippen LogP contribution is 2.34. The summed E-state index contributed by atoms with van der Waals surface area (Å²) >= 11 is 0. The van der Waals surface area contributed by atoms with Crippen LogP contribution in [0.4, 0.5) is 10.1 Å². The molecule has 17 heavy (non-hydrogen) atoms. The second-order valence-electron chi connectivity index (χ2n) is 3.81. The maximum atomic E-state index is 12.8. The summed E-state index contributed by atoms with van der Waals surface area (Å²) in [6.07, 6.45) is 1.73. The van der Waals surface area contributed by atoms with Crippen LogP contribution in [0.2, 0.25) is 0 Å². The highest BCUT2D eigenvalue weighted by molar-refractivity contribution is 5.76. The van der Waals surface area contributed by atoms with Crippen LogP contribution >= 0.6 is 0 Å². The largest absolute Gasteiger partial charge is 0.486 e. The van der Waals surface area contributed by atoms with E-state index in [1.54, 1.807) is 18.3 Å². The zero-order valence-electron chi connectivity index (χ0n) is 9.06. The van der Waals surface area contributed by atoms with Gasteiger partial charge < -0.3 is 4.74 Å². The third-order valence-corrected chi connectivity index (χ3v) is 2.68. The SMILES string of the molecule is Fc1ccc(-c2ccc3c(c2)N=CCO3)cc1. The average molecular weight is 227 g/mol. The normalized spacial score (nSPS) is 13.0. The third-order valence-electron chi connectivity index (χ3n) is 2.68. The van der Waals surface area contributed by atoms with Crippen molar-refractivity contribution in [2.75, 3.05) is 6.61 Å². The first-order valence-electron chi connectivity index (χ1n) is 5.38. The summed E-state index contributed by atoms with van der Waals surface area (Å²) < 4.78 is 18.3. The van der Waals surface area contributed by atoms with Gasteiger partial charge >= 0.3 is 0 Å². The van der Waals surface area contributed by atoms with E-state index in [1.165, 1.54) is 12.1 Å². The van der Waals surface area contributed by atoms with Crippen molar-refractivity contribution in [2.45, 2.75) is 0 Å². The standard InChI is InChI=1S/C14H10FNO/c15-12-4-1-10(2-5-12)11-3-6-14-13(9-11)16-7-8-17-14/h1-7,9H,8H2. The van der Waals surface area contributed by atoms with E-state index in [2.05, 4.69) is 4.99 Å². The van der Waals surface area contributed by atoms with Crippen molar-refractivity contribution in [1.82, 2.24) is 0 Å². The third kappa shape index (κ3) is 1.91. The first-order valence-corrected chi connectivity index (χ1v) is 5.38. The van der Waals surface area contributed by atoms with Crippen LogP contribution in [0.5, 0.6) is 5.75 Å². The predicted molar refractivity (Wildman–Crippen MR) is 65.5 cm³/mol. The van der Waals surface area contributed by atoms with Gasteiger partial charge in [-0.3, -0.25) is 4.99 Å². The Balaban J connectivity index is 2.05. The summed E-state index contributed by atoms with van der Waals surface area (Å²) in [7, 11) is 0. The molecule has 0 N–H and O–H groups in total. The van der Waals surface area contributed by atoms with Crippen molar-refractivity contribution in [3.05, 3.63) is 48.3 Å². The monoisotopic (exact) mass is 227 g/mol. The molecule has 84 valence electrons. The predicted octanol–water partition coefficient (Wildman–Crippen LogP) is 3.59. The number of rotatable bonds is 1. The molecule has 0 fully saturated rings. The zero-order valence-corrected chi connectivity index (χ0v) is 9.06. The van der Waals surface area contributed by atoms with Gasteiger partial charge in [0.25, 0.3) is 0 Å². The molecule has 3 rings (SSSR count). The molecule has 1 aliphatic rings. The Kier molecular flexibility index (Phi) is 2.37. The maximum Gasteiger partial charge on any atom is 0.145 e. The van der Waals surface area contributed by atoms with Gasteiger partial charge in [0.1, 0.15) is 23.9 Å². The lowest BCUT2D eigenvalue weighted by molar-refractivity contribution is 0.377. The van der Waals surface area contributed by atoms with Crippen molar-refractivity contribution in [2.24, 2.45) is 4.99 Å². The van der Waals surface area contributed by atoms with Crippen molar-refractivity contribution < 1.29 is 9.13 Å². The molecule has 2 aromatic rings. The number of hydrogen-bond donors (Lipinski definition) is 0. The molecule has 0 atom stereocenters. The number of ether oxygens (including phenoxy) is 1. The van der Waals surface area contributed by atoms with Crippen molar-refractivity contribution >= 4 is 11.9 Å². The molecule has 0 saturated heterocycles. The summed E-state index contributed by atoms with van der Waals surface area (Å²) in [6.45, 7) is 0.517. The average Bonchev–Trinajstić information content (AvgIpc) is 2.39. The quantitative estimate of drug-likeness (QED) is 0.729. The van der Waals surface area contributed by atoms with Crippen LogP contribution in [0.25, 0.3) is 11.1 Å². The van der Waals surface area contributed by atoms with Crippen LogP contribution in [0.3, 0.4) is 0 Å². The summed E-state index contributed by atoms with van der Waals surface area (Å²) in [5.74, 6) is 0.562. The fraction of sp³-hybridized carbons (Fsp3) is 0.0714. The molecular formula is C14H10FNO. The molecule has 0 saturated carbocycles. The van der Waals surface area contributed by atoms with E-state index in [0.29, 0.717) is 6.61 Å². The fourth-order valence-electron chi connectivity index (χ4n) is 1.82. The molecule has 3 heteroatoms. The molecular weight excluding hydrogens is 217 g/mol. The van der Waals surface area contributed by atoms with Crippen LogP contribution in [0.1, 0.15) is 0 Å². The van der Waals surface area contributed by atoms with E-state index in [1.807, 2.05) is 18.2 Å². The highest BCUT2D eigenvalue weighted by Gasteiger charge is 2.08. The molecule has 1 aliphatic heterocycles. The van der Waals surface area contributed by atoms with E-state index in [9.17, 15) is 4.39 Å². The Morgan fingerprint density at radius 3 is 2.59 bits per heavy atom. The number of fused-ring (bicyclic) bond motifs is 1. The molecule has 2 aromatic carbocycles. The van der Waals surface area contributed by atoms with Gasteiger partial charge in [-0.2, -0.15) is 0 Å². The van der Waals surface area contributed by atoms with E-state index >= 15 is 0 Å². The van der Waals surface area contributed by atoms with E-state index < -0.39 is 0 Å². The van der Waals surface area contributed by atoms with Crippen molar-refractivity contribution in [3.63, 3.8) is 0 Å². The molecule has 0 unspecified atom stereocenters. The molecule has 1 heterocycles. The minimum Gasteiger partial charge on any atom is -0.486 e. The Morgan fingerprint density at radius 2 is 1.76 bits per heavy atom. The van der Waals surface area contributed by atoms with Gasteiger partial charge in [0, 0.05) is 6.21 Å². The van der Waals surface area contributed by atoms with Crippen molar-refractivity contribution in [1.29, 1.82) is 0 Å². The van der Waals surface area contributed by atoms with E-state index in [-0.39, 0.29) is 5.82 Å². The first kappa shape index (κ1) is 10.0. The van der Waals surface area contributed by atoms with E-state index in [4.69, 9.17) is 4.74 Å². The Morgan fingerprint density at radius 1 is 1.00 bits per heavy atom. The number of benzene rings is 2. The number of nitrogens with zero attached hydrogens (tertiary/aromatic N) is 1. The summed E-state index contributed by atoms with van der Waals surface area (Å²) in [6, 6.07) is 12.2. The molecule has 0 aromatic heterocycles. The van der Waals surface area contributed by atoms with Crippen molar-refractivity contribution in [3.8, 4) is 16.9 Å². The molecule has 0 aliphatic carbocycles.